The summed E-state index contributed by atoms with van der Waals surface area (Å²) in [5, 5.41) is 5.77. The fourth-order valence-corrected chi connectivity index (χ4v) is 1.60. The molecule has 0 aromatic carbocycles. The maximum absolute atomic E-state index is 10.4. The van der Waals surface area contributed by atoms with E-state index in [2.05, 4.69) is 50.4 Å². The van der Waals surface area contributed by atoms with Crippen LogP contribution in [0.25, 0.3) is 0 Å². The van der Waals surface area contributed by atoms with Crippen LogP contribution in [0, 0.1) is 0 Å². The van der Waals surface area contributed by atoms with Gasteiger partial charge in [-0.3, -0.25) is 4.79 Å². The number of aromatic nitrogens is 2. The number of halogens is 1. The number of rotatable bonds is 6. The maximum atomic E-state index is 10.4. The smallest absolute Gasteiger partial charge is 0.212 e. The van der Waals surface area contributed by atoms with E-state index in [9.17, 15) is 4.79 Å². The van der Waals surface area contributed by atoms with Gasteiger partial charge in [-0.1, -0.05) is 13.8 Å². The van der Waals surface area contributed by atoms with Gasteiger partial charge in [0.1, 0.15) is 4.60 Å². The van der Waals surface area contributed by atoms with Crippen LogP contribution in [0.15, 0.2) is 10.8 Å². The number of anilines is 2. The van der Waals surface area contributed by atoms with Crippen LogP contribution >= 0.6 is 15.9 Å². The van der Waals surface area contributed by atoms with Gasteiger partial charge in [-0.25, -0.2) is 9.97 Å². The van der Waals surface area contributed by atoms with Crippen LogP contribution in [-0.2, 0) is 4.79 Å². The third-order valence-electron chi connectivity index (χ3n) is 2.27. The van der Waals surface area contributed by atoms with E-state index in [4.69, 9.17) is 0 Å². The summed E-state index contributed by atoms with van der Waals surface area (Å²) in [6.45, 7) is 4.19. The van der Waals surface area contributed by atoms with E-state index in [0.717, 1.165) is 12.8 Å². The van der Waals surface area contributed by atoms with E-state index in [1.165, 1.54) is 0 Å². The summed E-state index contributed by atoms with van der Waals surface area (Å²) in [6, 6.07) is 0.329. The summed E-state index contributed by atoms with van der Waals surface area (Å²) in [7, 11) is 0. The Morgan fingerprint density at radius 1 is 1.44 bits per heavy atom. The predicted molar refractivity (Wildman–Crippen MR) is 67.4 cm³/mol. The molecule has 0 unspecified atom stereocenters. The normalized spacial score (nSPS) is 10.2. The first kappa shape index (κ1) is 12.9. The average Bonchev–Trinajstić information content (AvgIpc) is 2.29. The molecule has 0 radical (unpaired) electrons. The zero-order valence-corrected chi connectivity index (χ0v) is 10.9. The van der Waals surface area contributed by atoms with Gasteiger partial charge in [0.15, 0.2) is 11.6 Å². The lowest BCUT2D eigenvalue weighted by Gasteiger charge is -2.17. The van der Waals surface area contributed by atoms with Crippen molar-refractivity contribution in [2.24, 2.45) is 0 Å². The van der Waals surface area contributed by atoms with Gasteiger partial charge in [0.25, 0.3) is 0 Å². The van der Waals surface area contributed by atoms with Crippen molar-refractivity contribution in [3.05, 3.63) is 10.8 Å². The molecule has 0 atom stereocenters. The van der Waals surface area contributed by atoms with E-state index in [1.54, 1.807) is 6.20 Å². The van der Waals surface area contributed by atoms with Crippen molar-refractivity contribution in [3.8, 4) is 0 Å². The van der Waals surface area contributed by atoms with Crippen molar-refractivity contribution in [1.29, 1.82) is 0 Å². The highest BCUT2D eigenvalue weighted by Gasteiger charge is 2.10. The van der Waals surface area contributed by atoms with Gasteiger partial charge in [-0.15, -0.1) is 0 Å². The van der Waals surface area contributed by atoms with Crippen molar-refractivity contribution in [3.63, 3.8) is 0 Å². The van der Waals surface area contributed by atoms with Crippen molar-refractivity contribution in [2.75, 3.05) is 10.6 Å². The lowest BCUT2D eigenvalue weighted by Crippen LogP contribution is -2.19. The molecule has 0 fully saturated rings. The Morgan fingerprint density at radius 3 is 2.69 bits per heavy atom. The molecule has 1 amide bonds. The third-order valence-corrected chi connectivity index (χ3v) is 2.65. The van der Waals surface area contributed by atoms with Gasteiger partial charge in [-0.2, -0.15) is 0 Å². The monoisotopic (exact) mass is 286 g/mol. The highest BCUT2D eigenvalue weighted by molar-refractivity contribution is 9.10. The van der Waals surface area contributed by atoms with Gasteiger partial charge in [0.05, 0.1) is 6.20 Å². The largest absolute Gasteiger partial charge is 0.364 e. The summed E-state index contributed by atoms with van der Waals surface area (Å²) in [6.07, 6.45) is 4.12. The minimum absolute atomic E-state index is 0.329. The molecule has 0 saturated carbocycles. The first-order chi connectivity index (χ1) is 7.71. The molecule has 0 saturated heterocycles. The van der Waals surface area contributed by atoms with E-state index in [1.807, 2.05) is 0 Å². The molecule has 16 heavy (non-hydrogen) atoms. The zero-order chi connectivity index (χ0) is 12.0. The molecule has 6 heteroatoms. The van der Waals surface area contributed by atoms with Crippen LogP contribution in [0.4, 0.5) is 11.6 Å². The Labute approximate surface area is 103 Å². The van der Waals surface area contributed by atoms with E-state index < -0.39 is 0 Å². The Balaban J connectivity index is 2.90. The van der Waals surface area contributed by atoms with Crippen LogP contribution in [-0.4, -0.2) is 22.4 Å². The van der Waals surface area contributed by atoms with Crippen molar-refractivity contribution < 1.29 is 4.79 Å². The molecule has 88 valence electrons. The van der Waals surface area contributed by atoms with Crippen LogP contribution < -0.4 is 10.6 Å². The van der Waals surface area contributed by atoms with Crippen LogP contribution in [0.1, 0.15) is 26.7 Å². The fourth-order valence-electron chi connectivity index (χ4n) is 1.32. The van der Waals surface area contributed by atoms with E-state index in [0.29, 0.717) is 28.7 Å². The zero-order valence-electron chi connectivity index (χ0n) is 9.33. The average molecular weight is 287 g/mol. The van der Waals surface area contributed by atoms with E-state index in [-0.39, 0.29) is 0 Å². The number of nitrogens with zero attached hydrogens (tertiary/aromatic N) is 2. The van der Waals surface area contributed by atoms with Crippen LogP contribution in [0.2, 0.25) is 0 Å². The Kier molecular flexibility index (Phi) is 5.18. The quantitative estimate of drug-likeness (QED) is 0.788. The molecule has 0 bridgehead atoms. The predicted octanol–water partition coefficient (Wildman–Crippen LogP) is 2.41. The highest BCUT2D eigenvalue weighted by atomic mass is 79.9. The number of carbonyl (C=O) groups excluding carboxylic acids is 1. The molecule has 1 aromatic rings. The number of hydrogen-bond acceptors (Lipinski definition) is 4. The molecule has 0 spiro atoms. The van der Waals surface area contributed by atoms with E-state index >= 15 is 0 Å². The van der Waals surface area contributed by atoms with Crippen molar-refractivity contribution >= 4 is 34.0 Å². The van der Waals surface area contributed by atoms with Crippen molar-refractivity contribution in [2.45, 2.75) is 32.7 Å². The second kappa shape index (κ2) is 6.42. The van der Waals surface area contributed by atoms with Crippen molar-refractivity contribution in [1.82, 2.24) is 9.97 Å². The number of carbonyl (C=O) groups is 1. The molecule has 0 aliphatic heterocycles. The lowest BCUT2D eigenvalue weighted by atomic mass is 10.2. The SMILES string of the molecule is CCC(CC)Nc1nc(Br)cnc1NC=O. The Hall–Kier alpha value is -1.17. The molecular weight excluding hydrogens is 272 g/mol. The molecule has 1 heterocycles. The number of hydrogen-bond donors (Lipinski definition) is 2. The fraction of sp³-hybridized carbons (Fsp3) is 0.500. The topological polar surface area (TPSA) is 66.9 Å². The molecule has 1 rings (SSSR count). The Bertz CT molecular complexity index is 355. The first-order valence-electron chi connectivity index (χ1n) is 5.20. The second-order valence-electron chi connectivity index (χ2n) is 3.31. The molecule has 5 nitrogen and oxygen atoms in total. The summed E-state index contributed by atoms with van der Waals surface area (Å²) >= 11 is 3.25. The summed E-state index contributed by atoms with van der Waals surface area (Å²) in [5.41, 5.74) is 0. The molecular formula is C10H15BrN4O. The molecule has 0 aliphatic carbocycles. The minimum atomic E-state index is 0.329. The second-order valence-corrected chi connectivity index (χ2v) is 4.12. The molecule has 1 aromatic heterocycles. The minimum Gasteiger partial charge on any atom is -0.364 e. The number of amides is 1. The van der Waals surface area contributed by atoms with Crippen LogP contribution in [0.5, 0.6) is 0 Å². The maximum Gasteiger partial charge on any atom is 0.212 e. The summed E-state index contributed by atoms with van der Waals surface area (Å²) < 4.78 is 0.636. The highest BCUT2D eigenvalue weighted by Crippen LogP contribution is 2.20. The summed E-state index contributed by atoms with van der Waals surface area (Å²) in [4.78, 5) is 18.7. The van der Waals surface area contributed by atoms with Crippen LogP contribution in [0.3, 0.4) is 0 Å². The lowest BCUT2D eigenvalue weighted by molar-refractivity contribution is -0.105. The van der Waals surface area contributed by atoms with Gasteiger partial charge >= 0.3 is 0 Å². The third kappa shape index (κ3) is 3.44. The number of nitrogens with one attached hydrogen (secondary N) is 2. The van der Waals surface area contributed by atoms with Gasteiger partial charge in [-0.05, 0) is 28.8 Å². The summed E-state index contributed by atoms with van der Waals surface area (Å²) in [5.74, 6) is 1.04. The first-order valence-corrected chi connectivity index (χ1v) is 5.99. The van der Waals surface area contributed by atoms with Gasteiger partial charge < -0.3 is 10.6 Å². The van der Waals surface area contributed by atoms with Gasteiger partial charge in [0, 0.05) is 6.04 Å². The molecule has 0 aliphatic rings. The molecule has 2 N–H and O–H groups in total. The Morgan fingerprint density at radius 2 is 2.12 bits per heavy atom. The van der Waals surface area contributed by atoms with Gasteiger partial charge in [0.2, 0.25) is 6.41 Å². The standard InChI is InChI=1S/C10H15BrN4O/c1-3-7(4-2)14-10-9(13-6-16)12-5-8(11)15-10/h5-7H,3-4H2,1-2H3,(H,14,15)(H,12,13,16).